The van der Waals surface area contributed by atoms with E-state index in [2.05, 4.69) is 15.6 Å². The average Bonchev–Trinajstić information content (AvgIpc) is 3.01. The summed E-state index contributed by atoms with van der Waals surface area (Å²) >= 11 is 0. The predicted octanol–water partition coefficient (Wildman–Crippen LogP) is 5.51. The first-order chi connectivity index (χ1) is 22.2. The molecule has 0 unspecified atom stereocenters. The highest BCUT2D eigenvalue weighted by Crippen LogP contribution is 2.24. The summed E-state index contributed by atoms with van der Waals surface area (Å²) in [7, 11) is -4.49. The predicted molar refractivity (Wildman–Crippen MR) is 175 cm³/mol. The van der Waals surface area contributed by atoms with Gasteiger partial charge in [-0.3, -0.25) is 4.79 Å². The molecule has 0 saturated carbocycles. The van der Waals surface area contributed by atoms with Crippen molar-refractivity contribution in [3.63, 3.8) is 0 Å². The number of amides is 2. The van der Waals surface area contributed by atoms with Gasteiger partial charge in [-0.25, -0.2) is 9.59 Å². The molecular weight excluding hydrogens is 628 g/mol. The highest BCUT2D eigenvalue weighted by Gasteiger charge is 2.31. The summed E-state index contributed by atoms with van der Waals surface area (Å²) in [6.45, 7) is 6.80. The second-order valence-corrected chi connectivity index (χ2v) is 13.5. The molecule has 1 fully saturated rings. The van der Waals surface area contributed by atoms with Gasteiger partial charge in [-0.2, -0.15) is 17.4 Å². The average molecular weight is 668 g/mol. The van der Waals surface area contributed by atoms with Crippen molar-refractivity contribution in [2.45, 2.75) is 58.8 Å². The SMILES string of the molecule is CCOC(=O)N(CC(=O)O)S(=O)(=O)NCc1ccc2ccc(C#[N+]c3ccc(OC4CCN(C(=O)OC(C)(C)C)CC4)cc3)cc2c1. The van der Waals surface area contributed by atoms with E-state index in [1.165, 1.54) is 6.92 Å². The van der Waals surface area contributed by atoms with Gasteiger partial charge in [0.25, 0.3) is 0 Å². The number of fused-ring (bicyclic) bond motifs is 1. The van der Waals surface area contributed by atoms with E-state index < -0.39 is 34.4 Å². The molecule has 4 rings (SSSR count). The molecule has 47 heavy (non-hydrogen) atoms. The molecule has 13 nitrogen and oxygen atoms in total. The van der Waals surface area contributed by atoms with E-state index in [1.54, 1.807) is 17.0 Å². The molecule has 0 spiro atoms. The highest BCUT2D eigenvalue weighted by atomic mass is 32.2. The lowest BCUT2D eigenvalue weighted by Gasteiger charge is -2.33. The van der Waals surface area contributed by atoms with E-state index in [9.17, 15) is 22.8 Å². The van der Waals surface area contributed by atoms with E-state index in [4.69, 9.17) is 19.3 Å². The second-order valence-electron chi connectivity index (χ2n) is 11.8. The van der Waals surface area contributed by atoms with Crippen LogP contribution in [0.4, 0.5) is 15.3 Å². The lowest BCUT2D eigenvalue weighted by molar-refractivity contribution is -0.137. The Labute approximate surface area is 274 Å². The third kappa shape index (κ3) is 10.3. The molecule has 3 aromatic carbocycles. The Morgan fingerprint density at radius 2 is 1.70 bits per heavy atom. The number of hydrogen-bond donors (Lipinski definition) is 2. The van der Waals surface area contributed by atoms with Gasteiger partial charge in [0.05, 0.1) is 6.61 Å². The summed E-state index contributed by atoms with van der Waals surface area (Å²) in [5, 5.41) is 10.8. The second kappa shape index (κ2) is 15.1. The first-order valence-corrected chi connectivity index (χ1v) is 16.6. The number of ether oxygens (including phenoxy) is 3. The van der Waals surface area contributed by atoms with Crippen molar-refractivity contribution in [2.75, 3.05) is 26.2 Å². The topological polar surface area (TPSA) is 156 Å². The molecule has 14 heteroatoms. The van der Waals surface area contributed by atoms with Crippen LogP contribution in [0.25, 0.3) is 15.6 Å². The van der Waals surface area contributed by atoms with E-state index in [-0.39, 0.29) is 29.7 Å². The smallest absolute Gasteiger partial charge is 0.425 e. The number of carbonyl (C=O) groups is 3. The number of likely N-dealkylation sites (tertiary alicyclic amines) is 1. The number of nitrogens with one attached hydrogen (secondary N) is 1. The van der Waals surface area contributed by atoms with Crippen LogP contribution in [0.5, 0.6) is 5.75 Å². The van der Waals surface area contributed by atoms with Gasteiger partial charge in [0.1, 0.15) is 29.6 Å². The molecule has 0 radical (unpaired) electrons. The number of piperidine rings is 1. The standard InChI is InChI=1S/C33H38N4O9S/c1-5-44-32(41)37(22-30(38)39)47(42,43)35-21-24-7-9-25-8-6-23(18-26(25)19-24)20-34-27-10-12-28(13-11-27)45-29-14-16-36(17-15-29)31(40)46-33(2,3)4/h6-13,18-19,29,35H,5,14-17,21-22H2,1-4H3/p+1. The zero-order chi connectivity index (χ0) is 34.2. The summed E-state index contributed by atoms with van der Waals surface area (Å²) in [4.78, 5) is 41.6. The van der Waals surface area contributed by atoms with Crippen LogP contribution in [0, 0.1) is 6.07 Å². The Balaban J connectivity index is 1.35. The van der Waals surface area contributed by atoms with Crippen molar-refractivity contribution in [1.82, 2.24) is 13.9 Å². The normalized spacial score (nSPS) is 13.7. The van der Waals surface area contributed by atoms with Gasteiger partial charge in [-0.05, 0) is 79.2 Å². The Morgan fingerprint density at radius 1 is 1.02 bits per heavy atom. The summed E-state index contributed by atoms with van der Waals surface area (Å²) in [6, 6.07) is 21.3. The number of hydrogen-bond acceptors (Lipinski definition) is 8. The van der Waals surface area contributed by atoms with Crippen molar-refractivity contribution in [2.24, 2.45) is 0 Å². The summed E-state index contributed by atoms with van der Waals surface area (Å²) in [6.07, 6.45) is -0.172. The Kier molecular flexibility index (Phi) is 11.3. The number of benzene rings is 3. The Bertz CT molecular complexity index is 1770. The van der Waals surface area contributed by atoms with E-state index in [0.29, 0.717) is 48.5 Å². The molecule has 0 aromatic heterocycles. The van der Waals surface area contributed by atoms with Crippen molar-refractivity contribution in [3.8, 4) is 11.8 Å². The molecular formula is C33H39N4O9S+. The van der Waals surface area contributed by atoms with Crippen LogP contribution >= 0.6 is 0 Å². The van der Waals surface area contributed by atoms with Crippen molar-refractivity contribution >= 4 is 44.8 Å². The molecule has 1 aliphatic rings. The van der Waals surface area contributed by atoms with Crippen LogP contribution in [0.1, 0.15) is 51.7 Å². The molecule has 3 aromatic rings. The minimum absolute atomic E-state index is 0.00589. The van der Waals surface area contributed by atoms with E-state index >= 15 is 0 Å². The van der Waals surface area contributed by atoms with Crippen LogP contribution in [0.2, 0.25) is 0 Å². The van der Waals surface area contributed by atoms with Crippen LogP contribution in [-0.4, -0.2) is 78.8 Å². The van der Waals surface area contributed by atoms with Gasteiger partial charge in [0, 0.05) is 44.6 Å². The van der Waals surface area contributed by atoms with Gasteiger partial charge < -0.3 is 24.2 Å². The maximum atomic E-state index is 12.7. The zero-order valence-corrected chi connectivity index (χ0v) is 27.6. The monoisotopic (exact) mass is 667 g/mol. The van der Waals surface area contributed by atoms with Gasteiger partial charge in [-0.1, -0.05) is 18.2 Å². The summed E-state index contributed by atoms with van der Waals surface area (Å²) in [5.74, 6) is -0.792. The summed E-state index contributed by atoms with van der Waals surface area (Å²) < 4.78 is 44.0. The molecule has 0 aliphatic carbocycles. The third-order valence-corrected chi connectivity index (χ3v) is 8.32. The number of nitrogens with zero attached hydrogens (tertiary/aromatic N) is 3. The maximum absolute atomic E-state index is 12.7. The van der Waals surface area contributed by atoms with Gasteiger partial charge in [0.2, 0.25) is 0 Å². The molecule has 0 bridgehead atoms. The third-order valence-electron chi connectivity index (χ3n) is 6.95. The number of carboxylic acids is 1. The van der Waals surface area contributed by atoms with Gasteiger partial charge >= 0.3 is 40.1 Å². The minimum Gasteiger partial charge on any atom is -0.490 e. The molecule has 1 saturated heterocycles. The van der Waals surface area contributed by atoms with Crippen molar-refractivity contribution in [3.05, 3.63) is 76.6 Å². The lowest BCUT2D eigenvalue weighted by atomic mass is 10.0. The molecule has 250 valence electrons. The lowest BCUT2D eigenvalue weighted by Crippen LogP contribution is -2.46. The van der Waals surface area contributed by atoms with Crippen molar-refractivity contribution in [1.29, 1.82) is 0 Å². The highest BCUT2D eigenvalue weighted by molar-refractivity contribution is 7.87. The quantitative estimate of drug-likeness (QED) is 0.301. The van der Waals surface area contributed by atoms with Crippen LogP contribution in [0.15, 0.2) is 60.7 Å². The first-order valence-electron chi connectivity index (χ1n) is 15.1. The maximum Gasteiger partial charge on any atom is 0.425 e. The van der Waals surface area contributed by atoms with Gasteiger partial charge in [0.15, 0.2) is 0 Å². The number of carboxylic acid groups (broad SMARTS) is 1. The fourth-order valence-electron chi connectivity index (χ4n) is 4.70. The van der Waals surface area contributed by atoms with Crippen LogP contribution in [-0.2, 0) is 31.0 Å². The molecule has 0 atom stereocenters. The van der Waals surface area contributed by atoms with Crippen molar-refractivity contribution < 1.29 is 42.1 Å². The van der Waals surface area contributed by atoms with E-state index in [1.807, 2.05) is 69.3 Å². The van der Waals surface area contributed by atoms with Gasteiger partial charge in [-0.15, -0.1) is 0 Å². The molecule has 2 amide bonds. The Morgan fingerprint density at radius 3 is 2.34 bits per heavy atom. The number of rotatable bonds is 9. The largest absolute Gasteiger partial charge is 0.490 e. The zero-order valence-electron chi connectivity index (χ0n) is 26.8. The number of carbonyl (C=O) groups excluding carboxylic acids is 2. The first kappa shape index (κ1) is 35.0. The Hall–Kier alpha value is -4.87. The fourth-order valence-corrected chi connectivity index (χ4v) is 5.73. The van der Waals surface area contributed by atoms with Crippen LogP contribution in [0.3, 0.4) is 0 Å². The summed E-state index contributed by atoms with van der Waals surface area (Å²) in [5.41, 5.74) is 1.43. The number of aliphatic carboxylic acids is 1. The molecule has 2 N–H and O–H groups in total. The molecule has 1 aliphatic heterocycles. The van der Waals surface area contributed by atoms with Crippen LogP contribution < -0.4 is 9.46 Å². The fraction of sp³-hybridized carbons (Fsp3) is 0.394. The minimum atomic E-state index is -4.49. The van der Waals surface area contributed by atoms with E-state index in [0.717, 1.165) is 10.8 Å². The molecule has 1 heterocycles.